The normalized spacial score (nSPS) is 17.0. The molecule has 4 nitrogen and oxygen atoms in total. The van der Waals surface area contributed by atoms with E-state index in [0.717, 1.165) is 38.3 Å². The number of benzene rings is 2. The van der Waals surface area contributed by atoms with Crippen molar-refractivity contribution in [3.8, 4) is 0 Å². The van der Waals surface area contributed by atoms with Crippen LogP contribution in [0.2, 0.25) is 5.02 Å². The summed E-state index contributed by atoms with van der Waals surface area (Å²) in [6.45, 7) is 7.28. The highest BCUT2D eigenvalue weighted by Gasteiger charge is 2.19. The molecule has 26 heavy (non-hydrogen) atoms. The molecule has 0 aliphatic carbocycles. The first-order chi connectivity index (χ1) is 12.6. The molecule has 0 aromatic heterocycles. The zero-order valence-electron chi connectivity index (χ0n) is 15.2. The van der Waals surface area contributed by atoms with Gasteiger partial charge in [0.05, 0.1) is 12.6 Å². The van der Waals surface area contributed by atoms with Crippen LogP contribution in [-0.2, 0) is 11.3 Å². The number of hydrogen-bond acceptors (Lipinski definition) is 3. The Hall–Kier alpha value is -1.88. The van der Waals surface area contributed by atoms with Crippen molar-refractivity contribution in [1.82, 2.24) is 15.1 Å². The number of halogens is 1. The van der Waals surface area contributed by atoms with Gasteiger partial charge in [0.15, 0.2) is 0 Å². The molecule has 0 bridgehead atoms. The van der Waals surface area contributed by atoms with Gasteiger partial charge < -0.3 is 5.32 Å². The van der Waals surface area contributed by atoms with Gasteiger partial charge in [-0.1, -0.05) is 54.1 Å². The molecule has 1 aliphatic heterocycles. The average molecular weight is 372 g/mol. The van der Waals surface area contributed by atoms with Gasteiger partial charge in [0.25, 0.3) is 0 Å². The first kappa shape index (κ1) is 18.9. The highest BCUT2D eigenvalue weighted by molar-refractivity contribution is 6.30. The van der Waals surface area contributed by atoms with Crippen LogP contribution in [0.5, 0.6) is 0 Å². The van der Waals surface area contributed by atoms with Gasteiger partial charge in [-0.05, 0) is 30.2 Å². The third-order valence-corrected chi connectivity index (χ3v) is 5.08. The second kappa shape index (κ2) is 9.17. The molecule has 0 unspecified atom stereocenters. The number of rotatable bonds is 6. The number of amides is 1. The molecule has 1 amide bonds. The SMILES string of the molecule is C[C@@H](NC(=O)CN1CCN(Cc2ccccc2)CC1)c1ccc(Cl)cc1. The lowest BCUT2D eigenvalue weighted by Gasteiger charge is -2.34. The van der Waals surface area contributed by atoms with Gasteiger partial charge in [-0.2, -0.15) is 0 Å². The number of carbonyl (C=O) groups excluding carboxylic acids is 1. The minimum Gasteiger partial charge on any atom is -0.348 e. The molecule has 2 aromatic rings. The minimum absolute atomic E-state index is 0.0147. The summed E-state index contributed by atoms with van der Waals surface area (Å²) < 4.78 is 0. The molecule has 0 spiro atoms. The summed E-state index contributed by atoms with van der Waals surface area (Å²) in [7, 11) is 0. The van der Waals surface area contributed by atoms with Crippen molar-refractivity contribution < 1.29 is 4.79 Å². The van der Waals surface area contributed by atoms with Gasteiger partial charge in [-0.25, -0.2) is 0 Å². The zero-order valence-corrected chi connectivity index (χ0v) is 16.0. The molecule has 3 rings (SSSR count). The van der Waals surface area contributed by atoms with Crippen molar-refractivity contribution in [2.45, 2.75) is 19.5 Å². The Labute approximate surface area is 160 Å². The fourth-order valence-electron chi connectivity index (χ4n) is 3.27. The molecule has 0 radical (unpaired) electrons. The zero-order chi connectivity index (χ0) is 18.4. The monoisotopic (exact) mass is 371 g/mol. The van der Waals surface area contributed by atoms with Crippen LogP contribution in [0.15, 0.2) is 54.6 Å². The van der Waals surface area contributed by atoms with Gasteiger partial charge >= 0.3 is 0 Å². The van der Waals surface area contributed by atoms with E-state index < -0.39 is 0 Å². The molecule has 1 aliphatic rings. The Balaban J connectivity index is 1.41. The average Bonchev–Trinajstić information content (AvgIpc) is 2.64. The van der Waals surface area contributed by atoms with E-state index in [1.165, 1.54) is 5.56 Å². The van der Waals surface area contributed by atoms with E-state index in [1.54, 1.807) is 0 Å². The molecular weight excluding hydrogens is 346 g/mol. The molecule has 1 saturated heterocycles. The Morgan fingerprint density at radius 3 is 2.27 bits per heavy atom. The maximum absolute atomic E-state index is 12.3. The molecule has 0 saturated carbocycles. The lowest BCUT2D eigenvalue weighted by atomic mass is 10.1. The predicted octanol–water partition coefficient (Wildman–Crippen LogP) is 3.34. The molecular formula is C21H26ClN3O. The van der Waals surface area contributed by atoms with Gasteiger partial charge in [0.1, 0.15) is 0 Å². The van der Waals surface area contributed by atoms with E-state index in [0.29, 0.717) is 11.6 Å². The number of carbonyl (C=O) groups is 1. The summed E-state index contributed by atoms with van der Waals surface area (Å²) >= 11 is 5.92. The van der Waals surface area contributed by atoms with Crippen LogP contribution in [-0.4, -0.2) is 48.4 Å². The van der Waals surface area contributed by atoms with Gasteiger partial charge in [-0.15, -0.1) is 0 Å². The van der Waals surface area contributed by atoms with Crippen molar-refractivity contribution >= 4 is 17.5 Å². The van der Waals surface area contributed by atoms with E-state index in [2.05, 4.69) is 39.4 Å². The van der Waals surface area contributed by atoms with E-state index in [-0.39, 0.29) is 11.9 Å². The maximum Gasteiger partial charge on any atom is 0.234 e. The Kier molecular flexibility index (Phi) is 6.67. The van der Waals surface area contributed by atoms with Crippen LogP contribution >= 0.6 is 11.6 Å². The number of hydrogen-bond donors (Lipinski definition) is 1. The summed E-state index contributed by atoms with van der Waals surface area (Å²) in [6, 6.07) is 18.1. The summed E-state index contributed by atoms with van der Waals surface area (Å²) in [4.78, 5) is 17.0. The second-order valence-corrected chi connectivity index (χ2v) is 7.32. The molecule has 1 N–H and O–H groups in total. The second-order valence-electron chi connectivity index (χ2n) is 6.88. The third-order valence-electron chi connectivity index (χ3n) is 4.83. The van der Waals surface area contributed by atoms with Crippen LogP contribution < -0.4 is 5.32 Å². The third kappa shape index (κ3) is 5.56. The fourth-order valence-corrected chi connectivity index (χ4v) is 3.40. The van der Waals surface area contributed by atoms with E-state index >= 15 is 0 Å². The molecule has 1 atom stereocenters. The molecule has 2 aromatic carbocycles. The first-order valence-electron chi connectivity index (χ1n) is 9.13. The summed E-state index contributed by atoms with van der Waals surface area (Å²) in [5.41, 5.74) is 2.41. The smallest absolute Gasteiger partial charge is 0.234 e. The quantitative estimate of drug-likeness (QED) is 0.846. The van der Waals surface area contributed by atoms with Gasteiger partial charge in [0.2, 0.25) is 5.91 Å². The van der Waals surface area contributed by atoms with E-state index in [4.69, 9.17) is 11.6 Å². The van der Waals surface area contributed by atoms with E-state index in [9.17, 15) is 4.79 Å². The molecule has 1 heterocycles. The highest BCUT2D eigenvalue weighted by Crippen LogP contribution is 2.16. The molecule has 138 valence electrons. The molecule has 5 heteroatoms. The Bertz CT molecular complexity index is 697. The van der Waals surface area contributed by atoms with Crippen molar-refractivity contribution in [2.75, 3.05) is 32.7 Å². The standard InChI is InChI=1S/C21H26ClN3O/c1-17(19-7-9-20(22)10-8-19)23-21(26)16-25-13-11-24(12-14-25)15-18-5-3-2-4-6-18/h2-10,17H,11-16H2,1H3,(H,23,26)/t17-/m1/s1. The van der Waals surface area contributed by atoms with Crippen LogP contribution in [0.3, 0.4) is 0 Å². The lowest BCUT2D eigenvalue weighted by Crippen LogP contribution is -2.49. The van der Waals surface area contributed by atoms with Crippen molar-refractivity contribution in [3.63, 3.8) is 0 Å². The van der Waals surface area contributed by atoms with Crippen molar-refractivity contribution in [2.24, 2.45) is 0 Å². The van der Waals surface area contributed by atoms with Crippen LogP contribution in [0.1, 0.15) is 24.1 Å². The summed E-state index contributed by atoms with van der Waals surface area (Å²) in [6.07, 6.45) is 0. The first-order valence-corrected chi connectivity index (χ1v) is 9.51. The summed E-state index contributed by atoms with van der Waals surface area (Å²) in [5, 5.41) is 3.79. The summed E-state index contributed by atoms with van der Waals surface area (Å²) in [5.74, 6) is 0.0731. The minimum atomic E-state index is -0.0147. The molecule has 1 fully saturated rings. The van der Waals surface area contributed by atoms with Crippen molar-refractivity contribution in [1.29, 1.82) is 0 Å². The lowest BCUT2D eigenvalue weighted by molar-refractivity contribution is -0.123. The van der Waals surface area contributed by atoms with Gasteiger partial charge in [-0.3, -0.25) is 14.6 Å². The predicted molar refractivity (Wildman–Crippen MR) is 106 cm³/mol. The number of piperazine rings is 1. The van der Waals surface area contributed by atoms with Crippen LogP contribution in [0.4, 0.5) is 0 Å². The van der Waals surface area contributed by atoms with Crippen LogP contribution in [0, 0.1) is 0 Å². The van der Waals surface area contributed by atoms with Crippen molar-refractivity contribution in [3.05, 3.63) is 70.7 Å². The van der Waals surface area contributed by atoms with Crippen LogP contribution in [0.25, 0.3) is 0 Å². The number of nitrogens with one attached hydrogen (secondary N) is 1. The number of nitrogens with zero attached hydrogens (tertiary/aromatic N) is 2. The fraction of sp³-hybridized carbons (Fsp3) is 0.381. The Morgan fingerprint density at radius 2 is 1.62 bits per heavy atom. The topological polar surface area (TPSA) is 35.6 Å². The van der Waals surface area contributed by atoms with Gasteiger partial charge in [0, 0.05) is 37.7 Å². The van der Waals surface area contributed by atoms with E-state index in [1.807, 2.05) is 37.3 Å². The maximum atomic E-state index is 12.3. The Morgan fingerprint density at radius 1 is 1.00 bits per heavy atom. The largest absolute Gasteiger partial charge is 0.348 e. The highest BCUT2D eigenvalue weighted by atomic mass is 35.5.